The van der Waals surface area contributed by atoms with Crippen molar-refractivity contribution in [3.05, 3.63) is 34.9 Å². The molecule has 0 fully saturated rings. The first kappa shape index (κ1) is 15.8. The summed E-state index contributed by atoms with van der Waals surface area (Å²) in [7, 11) is 2.01. The minimum atomic E-state index is 0.160. The van der Waals surface area contributed by atoms with Gasteiger partial charge in [-0.15, -0.1) is 0 Å². The molecule has 5 nitrogen and oxygen atoms in total. The van der Waals surface area contributed by atoms with Crippen molar-refractivity contribution in [1.82, 2.24) is 24.9 Å². The molecule has 1 atom stereocenters. The Morgan fingerprint density at radius 1 is 1.24 bits per heavy atom. The molecule has 1 N–H and O–H groups in total. The Bertz CT molecular complexity index is 582. The molecule has 0 aliphatic rings. The van der Waals surface area contributed by atoms with Gasteiger partial charge in [-0.3, -0.25) is 9.36 Å². The topological polar surface area (TPSA) is 47.7 Å². The molecule has 2 rings (SSSR count). The maximum Gasteiger partial charge on any atom is 0.0784 e. The average molecular weight is 289 g/mol. The Kier molecular flexibility index (Phi) is 5.17. The van der Waals surface area contributed by atoms with Gasteiger partial charge in [0.05, 0.1) is 17.4 Å². The zero-order chi connectivity index (χ0) is 15.4. The lowest BCUT2D eigenvalue weighted by Crippen LogP contribution is -2.27. The Morgan fingerprint density at radius 2 is 2.00 bits per heavy atom. The quantitative estimate of drug-likeness (QED) is 0.852. The van der Waals surface area contributed by atoms with Crippen molar-refractivity contribution in [2.75, 3.05) is 6.54 Å². The van der Waals surface area contributed by atoms with Gasteiger partial charge in [0.1, 0.15) is 0 Å². The molecule has 116 valence electrons. The van der Waals surface area contributed by atoms with Gasteiger partial charge in [-0.25, -0.2) is 0 Å². The molecule has 0 amide bonds. The van der Waals surface area contributed by atoms with Gasteiger partial charge in [0.25, 0.3) is 0 Å². The third-order valence-corrected chi connectivity index (χ3v) is 3.93. The van der Waals surface area contributed by atoms with Crippen LogP contribution >= 0.6 is 0 Å². The Hall–Kier alpha value is -1.62. The van der Waals surface area contributed by atoms with E-state index in [2.05, 4.69) is 54.0 Å². The van der Waals surface area contributed by atoms with Crippen molar-refractivity contribution in [2.24, 2.45) is 7.05 Å². The summed E-state index contributed by atoms with van der Waals surface area (Å²) in [4.78, 5) is 0. The van der Waals surface area contributed by atoms with Crippen molar-refractivity contribution >= 4 is 0 Å². The van der Waals surface area contributed by atoms with Crippen molar-refractivity contribution < 1.29 is 0 Å². The molecular formula is C16H27N5. The smallest absolute Gasteiger partial charge is 0.0784 e. The van der Waals surface area contributed by atoms with E-state index >= 15 is 0 Å². The lowest BCUT2D eigenvalue weighted by atomic mass is 10.0. The Morgan fingerprint density at radius 3 is 2.57 bits per heavy atom. The molecule has 21 heavy (non-hydrogen) atoms. The number of aromatic nitrogens is 4. The van der Waals surface area contributed by atoms with Crippen molar-refractivity contribution in [2.45, 2.75) is 53.1 Å². The molecule has 0 saturated carbocycles. The molecular weight excluding hydrogens is 262 g/mol. The van der Waals surface area contributed by atoms with Gasteiger partial charge in [-0.2, -0.15) is 10.2 Å². The maximum absolute atomic E-state index is 4.57. The third kappa shape index (κ3) is 3.18. The molecule has 0 radical (unpaired) electrons. The van der Waals surface area contributed by atoms with E-state index in [0.29, 0.717) is 0 Å². The van der Waals surface area contributed by atoms with Gasteiger partial charge in [-0.05, 0) is 39.3 Å². The fraction of sp³-hybridized carbons (Fsp3) is 0.625. The SMILES string of the molecule is CCCNC(c1c(C)nn(C)c1C)c1ccnn1CCC. The van der Waals surface area contributed by atoms with E-state index in [4.69, 9.17) is 0 Å². The summed E-state index contributed by atoms with van der Waals surface area (Å²) in [5.74, 6) is 0. The average Bonchev–Trinajstić information content (AvgIpc) is 2.99. The van der Waals surface area contributed by atoms with Gasteiger partial charge >= 0.3 is 0 Å². The Labute approximate surface area is 127 Å². The van der Waals surface area contributed by atoms with E-state index in [1.54, 1.807) is 0 Å². The van der Waals surface area contributed by atoms with E-state index in [1.165, 1.54) is 17.0 Å². The van der Waals surface area contributed by atoms with Crippen LogP contribution in [0.1, 0.15) is 55.4 Å². The van der Waals surface area contributed by atoms with Crippen LogP contribution < -0.4 is 5.32 Å². The normalized spacial score (nSPS) is 12.8. The summed E-state index contributed by atoms with van der Waals surface area (Å²) < 4.78 is 4.07. The van der Waals surface area contributed by atoms with Crippen LogP contribution in [0, 0.1) is 13.8 Å². The number of hydrogen-bond acceptors (Lipinski definition) is 3. The van der Waals surface area contributed by atoms with Crippen LogP contribution in [0.3, 0.4) is 0 Å². The fourth-order valence-corrected chi connectivity index (χ4v) is 2.84. The second-order valence-corrected chi connectivity index (χ2v) is 5.57. The van der Waals surface area contributed by atoms with E-state index in [-0.39, 0.29) is 6.04 Å². The largest absolute Gasteiger partial charge is 0.305 e. The first-order chi connectivity index (χ1) is 10.1. The molecule has 2 aromatic rings. The maximum atomic E-state index is 4.57. The van der Waals surface area contributed by atoms with Gasteiger partial charge in [0, 0.05) is 31.0 Å². The van der Waals surface area contributed by atoms with Gasteiger partial charge in [0.2, 0.25) is 0 Å². The molecule has 0 bridgehead atoms. The van der Waals surface area contributed by atoms with Crippen LogP contribution in [-0.4, -0.2) is 26.1 Å². The number of nitrogens with one attached hydrogen (secondary N) is 1. The molecule has 0 aromatic carbocycles. The summed E-state index contributed by atoms with van der Waals surface area (Å²) in [5.41, 5.74) is 4.81. The second-order valence-electron chi connectivity index (χ2n) is 5.57. The molecule has 0 aliphatic heterocycles. The van der Waals surface area contributed by atoms with Crippen molar-refractivity contribution in [3.8, 4) is 0 Å². The molecule has 0 aliphatic carbocycles. The van der Waals surface area contributed by atoms with Crippen LogP contribution in [0.25, 0.3) is 0 Å². The van der Waals surface area contributed by atoms with Gasteiger partial charge < -0.3 is 5.32 Å². The van der Waals surface area contributed by atoms with Crippen LogP contribution in [0.4, 0.5) is 0 Å². The monoisotopic (exact) mass is 289 g/mol. The van der Waals surface area contributed by atoms with Crippen LogP contribution in [-0.2, 0) is 13.6 Å². The fourth-order valence-electron chi connectivity index (χ4n) is 2.84. The lowest BCUT2D eigenvalue weighted by Gasteiger charge is -2.21. The van der Waals surface area contributed by atoms with Gasteiger partial charge in [-0.1, -0.05) is 13.8 Å². The van der Waals surface area contributed by atoms with E-state index in [0.717, 1.165) is 31.6 Å². The number of aryl methyl sites for hydroxylation is 3. The number of rotatable bonds is 7. The zero-order valence-corrected chi connectivity index (χ0v) is 13.8. The standard InChI is InChI=1S/C16H27N5/c1-6-9-17-16(14-8-10-18-21(14)11-7-2)15-12(3)19-20(5)13(15)4/h8,10,16-17H,6-7,9,11H2,1-5H3. The summed E-state index contributed by atoms with van der Waals surface area (Å²) in [5, 5.41) is 12.7. The van der Waals surface area contributed by atoms with Crippen LogP contribution in [0.5, 0.6) is 0 Å². The minimum absolute atomic E-state index is 0.160. The van der Waals surface area contributed by atoms with E-state index in [1.807, 2.05) is 17.9 Å². The summed E-state index contributed by atoms with van der Waals surface area (Å²) in [6.45, 7) is 10.5. The highest BCUT2D eigenvalue weighted by Gasteiger charge is 2.24. The van der Waals surface area contributed by atoms with Gasteiger partial charge in [0.15, 0.2) is 0 Å². The van der Waals surface area contributed by atoms with E-state index < -0.39 is 0 Å². The summed E-state index contributed by atoms with van der Waals surface area (Å²) in [6.07, 6.45) is 4.09. The summed E-state index contributed by atoms with van der Waals surface area (Å²) >= 11 is 0. The third-order valence-electron chi connectivity index (χ3n) is 3.93. The predicted molar refractivity (Wildman–Crippen MR) is 85.3 cm³/mol. The molecule has 0 spiro atoms. The molecule has 2 heterocycles. The second kappa shape index (κ2) is 6.89. The number of nitrogens with zero attached hydrogens (tertiary/aromatic N) is 4. The highest BCUT2D eigenvalue weighted by molar-refractivity contribution is 5.34. The number of hydrogen-bond donors (Lipinski definition) is 1. The van der Waals surface area contributed by atoms with E-state index in [9.17, 15) is 0 Å². The highest BCUT2D eigenvalue weighted by Crippen LogP contribution is 2.27. The summed E-state index contributed by atoms with van der Waals surface area (Å²) in [6, 6.07) is 2.28. The highest BCUT2D eigenvalue weighted by atomic mass is 15.3. The molecule has 5 heteroatoms. The van der Waals surface area contributed by atoms with Crippen molar-refractivity contribution in [1.29, 1.82) is 0 Å². The van der Waals surface area contributed by atoms with Crippen LogP contribution in [0.2, 0.25) is 0 Å². The lowest BCUT2D eigenvalue weighted by molar-refractivity contribution is 0.509. The predicted octanol–water partition coefficient (Wildman–Crippen LogP) is 2.73. The zero-order valence-electron chi connectivity index (χ0n) is 13.8. The first-order valence-corrected chi connectivity index (χ1v) is 7.85. The van der Waals surface area contributed by atoms with Crippen LogP contribution in [0.15, 0.2) is 12.3 Å². The first-order valence-electron chi connectivity index (χ1n) is 7.85. The molecule has 0 saturated heterocycles. The minimum Gasteiger partial charge on any atom is -0.305 e. The Balaban J connectivity index is 2.45. The molecule has 1 unspecified atom stereocenters. The molecule has 2 aromatic heterocycles. The van der Waals surface area contributed by atoms with Crippen molar-refractivity contribution in [3.63, 3.8) is 0 Å².